The van der Waals surface area contributed by atoms with E-state index < -0.39 is 6.04 Å². The molecule has 0 aliphatic carbocycles. The van der Waals surface area contributed by atoms with Crippen LogP contribution in [0.2, 0.25) is 0 Å². The van der Waals surface area contributed by atoms with Gasteiger partial charge in [0.15, 0.2) is 0 Å². The Morgan fingerprint density at radius 3 is 2.69 bits per heavy atom. The van der Waals surface area contributed by atoms with Crippen molar-refractivity contribution in [1.82, 2.24) is 5.32 Å². The Bertz CT molecular complexity index is 661. The fourth-order valence-corrected chi connectivity index (χ4v) is 3.02. The van der Waals surface area contributed by atoms with E-state index in [1.807, 2.05) is 38.1 Å². The Hall–Kier alpha value is -2.56. The first-order valence-corrected chi connectivity index (χ1v) is 9.39. The van der Waals surface area contributed by atoms with Crippen LogP contribution in [0.4, 0.5) is 11.4 Å². The number of benzene rings is 1. The van der Waals surface area contributed by atoms with Gasteiger partial charge in [-0.05, 0) is 44.4 Å². The van der Waals surface area contributed by atoms with Gasteiger partial charge in [-0.1, -0.05) is 37.6 Å². The molecule has 2 amide bonds. The molecular weight excluding hydrogens is 326 g/mol. The highest BCUT2D eigenvalue weighted by Crippen LogP contribution is 2.23. The molecule has 1 aliphatic heterocycles. The normalized spacial score (nSPS) is 15.5. The van der Waals surface area contributed by atoms with Crippen LogP contribution in [0.3, 0.4) is 0 Å². The highest BCUT2D eigenvalue weighted by Gasteiger charge is 2.19. The number of hydrogen-bond acceptors (Lipinski definition) is 3. The predicted molar refractivity (Wildman–Crippen MR) is 107 cm³/mol. The molecule has 26 heavy (non-hydrogen) atoms. The molecular formula is C21H29N3O2. The highest BCUT2D eigenvalue weighted by molar-refractivity contribution is 5.99. The van der Waals surface area contributed by atoms with Gasteiger partial charge in [-0.3, -0.25) is 9.59 Å². The number of rotatable bonds is 8. The minimum Gasteiger partial charge on any atom is -0.371 e. The van der Waals surface area contributed by atoms with E-state index in [1.165, 1.54) is 18.9 Å². The Morgan fingerprint density at radius 1 is 1.23 bits per heavy atom. The highest BCUT2D eigenvalue weighted by atomic mass is 16.2. The molecule has 1 heterocycles. The summed E-state index contributed by atoms with van der Waals surface area (Å²) in [7, 11) is 0. The lowest BCUT2D eigenvalue weighted by Gasteiger charge is -2.20. The monoisotopic (exact) mass is 355 g/mol. The lowest BCUT2D eigenvalue weighted by Crippen LogP contribution is -2.43. The molecule has 0 spiro atoms. The molecule has 2 N–H and O–H groups in total. The molecule has 1 saturated heterocycles. The second-order valence-electron chi connectivity index (χ2n) is 6.47. The zero-order valence-corrected chi connectivity index (χ0v) is 15.7. The molecule has 1 aromatic rings. The summed E-state index contributed by atoms with van der Waals surface area (Å²) in [5, 5.41) is 5.73. The van der Waals surface area contributed by atoms with Gasteiger partial charge >= 0.3 is 0 Å². The molecule has 1 unspecified atom stereocenters. The third kappa shape index (κ3) is 6.06. The van der Waals surface area contributed by atoms with Crippen molar-refractivity contribution in [2.45, 2.75) is 45.6 Å². The van der Waals surface area contributed by atoms with Gasteiger partial charge in [-0.25, -0.2) is 0 Å². The lowest BCUT2D eigenvalue weighted by molar-refractivity contribution is -0.124. The zero-order valence-electron chi connectivity index (χ0n) is 15.7. The minimum absolute atomic E-state index is 0.182. The van der Waals surface area contributed by atoms with Crippen molar-refractivity contribution >= 4 is 23.2 Å². The summed E-state index contributed by atoms with van der Waals surface area (Å²) in [6.45, 7) is 6.00. The molecule has 140 valence electrons. The first-order valence-electron chi connectivity index (χ1n) is 9.39. The van der Waals surface area contributed by atoms with Crippen molar-refractivity contribution in [2.24, 2.45) is 0 Å². The van der Waals surface area contributed by atoms with E-state index in [1.54, 1.807) is 12.2 Å². The molecule has 5 nitrogen and oxygen atoms in total. The number of allylic oxidation sites excluding steroid dienone is 3. The number of carbonyl (C=O) groups is 2. The van der Waals surface area contributed by atoms with Crippen LogP contribution >= 0.6 is 0 Å². The predicted octanol–water partition coefficient (Wildman–Crippen LogP) is 3.64. The first-order chi connectivity index (χ1) is 12.6. The molecule has 0 aromatic heterocycles. The molecule has 5 heteroatoms. The number of nitrogens with zero attached hydrogens (tertiary/aromatic N) is 1. The minimum atomic E-state index is -0.543. The van der Waals surface area contributed by atoms with Crippen molar-refractivity contribution in [3.05, 3.63) is 48.6 Å². The smallest absolute Gasteiger partial charge is 0.246 e. The van der Waals surface area contributed by atoms with Crippen molar-refractivity contribution < 1.29 is 9.59 Å². The SMILES string of the molecule is CC=CC=CC(=O)NC(CCC)C(=O)Nc1cccc(N2CCCC2)c1. The second kappa shape index (κ2) is 10.4. The second-order valence-corrected chi connectivity index (χ2v) is 6.47. The van der Waals surface area contributed by atoms with Crippen LogP contribution in [0.5, 0.6) is 0 Å². The Morgan fingerprint density at radius 2 is 2.00 bits per heavy atom. The maximum Gasteiger partial charge on any atom is 0.246 e. The number of anilines is 2. The standard InChI is InChI=1S/C21H29N3O2/c1-3-5-6-13-20(25)23-19(10-4-2)21(26)22-17-11-9-12-18(16-17)24-14-7-8-15-24/h3,5-6,9,11-13,16,19H,4,7-8,10,14-15H2,1-2H3,(H,22,26)(H,23,25). The summed E-state index contributed by atoms with van der Waals surface area (Å²) >= 11 is 0. The van der Waals surface area contributed by atoms with Crippen LogP contribution in [-0.4, -0.2) is 30.9 Å². The van der Waals surface area contributed by atoms with Gasteiger partial charge in [-0.2, -0.15) is 0 Å². The third-order valence-electron chi connectivity index (χ3n) is 4.35. The number of carbonyl (C=O) groups excluding carboxylic acids is 2. The van der Waals surface area contributed by atoms with E-state index >= 15 is 0 Å². The van der Waals surface area contributed by atoms with E-state index in [4.69, 9.17) is 0 Å². The van der Waals surface area contributed by atoms with Gasteiger partial charge in [0, 0.05) is 30.5 Å². The zero-order chi connectivity index (χ0) is 18.8. The van der Waals surface area contributed by atoms with Gasteiger partial charge in [0.05, 0.1) is 0 Å². The molecule has 2 rings (SSSR count). The Balaban J connectivity index is 2.00. The average molecular weight is 355 g/mol. The van der Waals surface area contributed by atoms with E-state index in [9.17, 15) is 9.59 Å². The quantitative estimate of drug-likeness (QED) is 0.553. The van der Waals surface area contributed by atoms with E-state index in [-0.39, 0.29) is 11.8 Å². The van der Waals surface area contributed by atoms with Gasteiger partial charge in [0.1, 0.15) is 6.04 Å². The largest absolute Gasteiger partial charge is 0.371 e. The number of hydrogen-bond donors (Lipinski definition) is 2. The third-order valence-corrected chi connectivity index (χ3v) is 4.35. The topological polar surface area (TPSA) is 61.4 Å². The van der Waals surface area contributed by atoms with Crippen LogP contribution in [-0.2, 0) is 9.59 Å². The number of amides is 2. The molecule has 1 fully saturated rings. The summed E-state index contributed by atoms with van der Waals surface area (Å²) in [5.74, 6) is -0.444. The van der Waals surface area contributed by atoms with Gasteiger partial charge in [0.25, 0.3) is 0 Å². The Labute approximate surface area is 156 Å². The molecule has 0 radical (unpaired) electrons. The lowest BCUT2D eigenvalue weighted by atomic mass is 10.1. The maximum atomic E-state index is 12.6. The molecule has 0 saturated carbocycles. The van der Waals surface area contributed by atoms with Crippen LogP contribution in [0, 0.1) is 0 Å². The number of nitrogens with one attached hydrogen (secondary N) is 2. The van der Waals surface area contributed by atoms with Crippen molar-refractivity contribution in [3.63, 3.8) is 0 Å². The molecule has 1 aromatic carbocycles. The Kier molecular flexibility index (Phi) is 7.93. The van der Waals surface area contributed by atoms with Crippen molar-refractivity contribution in [3.8, 4) is 0 Å². The van der Waals surface area contributed by atoms with E-state index in [0.29, 0.717) is 6.42 Å². The average Bonchev–Trinajstić information content (AvgIpc) is 3.16. The molecule has 1 atom stereocenters. The van der Waals surface area contributed by atoms with Crippen molar-refractivity contribution in [1.29, 1.82) is 0 Å². The van der Waals surface area contributed by atoms with Gasteiger partial charge < -0.3 is 15.5 Å². The fourth-order valence-electron chi connectivity index (χ4n) is 3.02. The summed E-state index contributed by atoms with van der Waals surface area (Å²) in [6, 6.07) is 7.36. The molecule has 1 aliphatic rings. The van der Waals surface area contributed by atoms with E-state index in [0.717, 1.165) is 30.9 Å². The summed E-state index contributed by atoms with van der Waals surface area (Å²) in [6.07, 6.45) is 10.5. The maximum absolute atomic E-state index is 12.6. The summed E-state index contributed by atoms with van der Waals surface area (Å²) < 4.78 is 0. The van der Waals surface area contributed by atoms with Crippen LogP contribution in [0.25, 0.3) is 0 Å². The van der Waals surface area contributed by atoms with Gasteiger partial charge in [-0.15, -0.1) is 0 Å². The summed E-state index contributed by atoms with van der Waals surface area (Å²) in [4.78, 5) is 26.9. The summed E-state index contributed by atoms with van der Waals surface area (Å²) in [5.41, 5.74) is 1.89. The van der Waals surface area contributed by atoms with Crippen LogP contribution < -0.4 is 15.5 Å². The fraction of sp³-hybridized carbons (Fsp3) is 0.429. The van der Waals surface area contributed by atoms with Crippen LogP contribution in [0.1, 0.15) is 39.5 Å². The first kappa shape index (κ1) is 19.8. The molecule has 0 bridgehead atoms. The van der Waals surface area contributed by atoms with Crippen molar-refractivity contribution in [2.75, 3.05) is 23.3 Å². The van der Waals surface area contributed by atoms with E-state index in [2.05, 4.69) is 21.6 Å². The van der Waals surface area contributed by atoms with Gasteiger partial charge in [0.2, 0.25) is 11.8 Å². The van der Waals surface area contributed by atoms with Crippen LogP contribution in [0.15, 0.2) is 48.6 Å².